The Bertz CT molecular complexity index is 526. The van der Waals surface area contributed by atoms with Crippen LogP contribution in [0, 0.1) is 0 Å². The Morgan fingerprint density at radius 1 is 1.32 bits per heavy atom. The van der Waals surface area contributed by atoms with E-state index in [9.17, 15) is 18.0 Å². The van der Waals surface area contributed by atoms with Gasteiger partial charge in [-0.3, -0.25) is 0 Å². The molecule has 1 N–H and O–H groups in total. The van der Waals surface area contributed by atoms with Crippen LogP contribution in [0.15, 0.2) is 6.20 Å². The van der Waals surface area contributed by atoms with Crippen LogP contribution >= 0.6 is 0 Å². The van der Waals surface area contributed by atoms with Gasteiger partial charge < -0.3 is 14.6 Å². The number of nitrogens with zero attached hydrogens (tertiary/aromatic N) is 2. The average molecular weight is 319 g/mol. The lowest BCUT2D eigenvalue weighted by molar-refractivity contribution is -0.141. The topological polar surface area (TPSA) is 58.2 Å². The van der Waals surface area contributed by atoms with E-state index in [2.05, 4.69) is 9.97 Å². The number of likely N-dealkylation sites (tertiary alicyclic amines) is 1. The van der Waals surface area contributed by atoms with Gasteiger partial charge in [-0.25, -0.2) is 9.78 Å². The van der Waals surface area contributed by atoms with Crippen molar-refractivity contribution in [2.45, 2.75) is 51.3 Å². The molecule has 0 radical (unpaired) electrons. The first-order valence-corrected chi connectivity index (χ1v) is 7.16. The number of hydrogen-bond acceptors (Lipinski definition) is 3. The third kappa shape index (κ3) is 4.14. The van der Waals surface area contributed by atoms with Crippen LogP contribution < -0.4 is 0 Å². The third-order valence-electron chi connectivity index (χ3n) is 3.43. The molecule has 1 aliphatic rings. The van der Waals surface area contributed by atoms with Crippen molar-refractivity contribution in [3.63, 3.8) is 0 Å². The van der Waals surface area contributed by atoms with E-state index < -0.39 is 17.5 Å². The largest absolute Gasteiger partial charge is 0.444 e. The molecule has 0 bridgehead atoms. The van der Waals surface area contributed by atoms with Gasteiger partial charge in [0, 0.05) is 19.0 Å². The second kappa shape index (κ2) is 5.81. The van der Waals surface area contributed by atoms with E-state index in [-0.39, 0.29) is 12.0 Å². The summed E-state index contributed by atoms with van der Waals surface area (Å²) >= 11 is 0. The number of alkyl halides is 3. The molecule has 2 heterocycles. The number of rotatable bonds is 1. The molecule has 1 aliphatic heterocycles. The second-order valence-corrected chi connectivity index (χ2v) is 6.42. The van der Waals surface area contributed by atoms with Crippen LogP contribution in [0.1, 0.15) is 51.0 Å². The Kier molecular flexibility index (Phi) is 4.39. The summed E-state index contributed by atoms with van der Waals surface area (Å²) < 4.78 is 42.9. The Balaban J connectivity index is 1.92. The summed E-state index contributed by atoms with van der Waals surface area (Å²) in [5.41, 5.74) is -1.40. The lowest BCUT2D eigenvalue weighted by atomic mass is 9.96. The number of halogens is 3. The van der Waals surface area contributed by atoms with Crippen molar-refractivity contribution in [1.82, 2.24) is 14.9 Å². The first kappa shape index (κ1) is 16.6. The van der Waals surface area contributed by atoms with Crippen LogP contribution in [0.4, 0.5) is 18.0 Å². The first-order valence-electron chi connectivity index (χ1n) is 7.16. The van der Waals surface area contributed by atoms with Crippen molar-refractivity contribution >= 4 is 6.09 Å². The summed E-state index contributed by atoms with van der Waals surface area (Å²) in [5.74, 6) is 0.228. The maximum absolute atomic E-state index is 12.6. The lowest BCUT2D eigenvalue weighted by Gasteiger charge is -2.32. The molecule has 8 heteroatoms. The van der Waals surface area contributed by atoms with Gasteiger partial charge in [-0.05, 0) is 33.6 Å². The predicted molar refractivity (Wildman–Crippen MR) is 73.4 cm³/mol. The number of H-pyrrole nitrogens is 1. The average Bonchev–Trinajstić information content (AvgIpc) is 2.86. The van der Waals surface area contributed by atoms with Gasteiger partial charge in [0.05, 0.1) is 6.20 Å². The van der Waals surface area contributed by atoms with Crippen LogP contribution in [0.2, 0.25) is 0 Å². The number of imidazole rings is 1. The zero-order valence-corrected chi connectivity index (χ0v) is 12.8. The monoisotopic (exact) mass is 319 g/mol. The van der Waals surface area contributed by atoms with Gasteiger partial charge in [-0.2, -0.15) is 13.2 Å². The number of piperidine rings is 1. The van der Waals surface area contributed by atoms with Crippen molar-refractivity contribution in [3.8, 4) is 0 Å². The number of carbonyl (C=O) groups excluding carboxylic acids is 1. The number of carbonyl (C=O) groups is 1. The summed E-state index contributed by atoms with van der Waals surface area (Å²) in [6, 6.07) is 0. The maximum atomic E-state index is 12.6. The molecule has 1 saturated heterocycles. The summed E-state index contributed by atoms with van der Waals surface area (Å²) in [4.78, 5) is 19.7. The smallest absolute Gasteiger partial charge is 0.432 e. The van der Waals surface area contributed by atoms with Gasteiger partial charge in [0.25, 0.3) is 0 Å². The van der Waals surface area contributed by atoms with Crippen LogP contribution in [-0.2, 0) is 10.9 Å². The SMILES string of the molecule is CC(C)(C)OC(=O)N1CCC(c2ncc(C(F)(F)F)[nH]2)CC1. The number of aromatic nitrogens is 2. The molecule has 1 amide bonds. The summed E-state index contributed by atoms with van der Waals surface area (Å²) in [6.45, 7) is 6.26. The highest BCUT2D eigenvalue weighted by Crippen LogP contribution is 2.31. The molecule has 22 heavy (non-hydrogen) atoms. The molecule has 0 aromatic carbocycles. The molecule has 2 rings (SSSR count). The van der Waals surface area contributed by atoms with Crippen molar-refractivity contribution in [2.24, 2.45) is 0 Å². The third-order valence-corrected chi connectivity index (χ3v) is 3.43. The molecule has 1 fully saturated rings. The van der Waals surface area contributed by atoms with Crippen LogP contribution in [0.5, 0.6) is 0 Å². The van der Waals surface area contributed by atoms with Gasteiger partial charge >= 0.3 is 12.3 Å². The number of hydrogen-bond donors (Lipinski definition) is 1. The van der Waals surface area contributed by atoms with E-state index in [0.29, 0.717) is 31.8 Å². The number of aromatic amines is 1. The Hall–Kier alpha value is -1.73. The van der Waals surface area contributed by atoms with Crippen molar-refractivity contribution in [3.05, 3.63) is 17.7 Å². The molecule has 5 nitrogen and oxygen atoms in total. The fourth-order valence-electron chi connectivity index (χ4n) is 2.35. The molecule has 124 valence electrons. The highest BCUT2D eigenvalue weighted by Gasteiger charge is 2.35. The molecular weight excluding hydrogens is 299 g/mol. The molecular formula is C14H20F3N3O2. The minimum atomic E-state index is -4.41. The standard InChI is InChI=1S/C14H20F3N3O2/c1-13(2,3)22-12(21)20-6-4-9(5-7-20)11-18-8-10(19-11)14(15,16)17/h8-9H,4-7H2,1-3H3,(H,18,19). The minimum Gasteiger partial charge on any atom is -0.444 e. The predicted octanol–water partition coefficient (Wildman–Crippen LogP) is 3.54. The van der Waals surface area contributed by atoms with Crippen LogP contribution in [0.25, 0.3) is 0 Å². The first-order chi connectivity index (χ1) is 10.1. The summed E-state index contributed by atoms with van der Waals surface area (Å²) in [5, 5.41) is 0. The molecule has 0 atom stereocenters. The van der Waals surface area contributed by atoms with E-state index in [4.69, 9.17) is 4.74 Å². The van der Waals surface area contributed by atoms with Gasteiger partial charge in [0.15, 0.2) is 0 Å². The van der Waals surface area contributed by atoms with Gasteiger partial charge in [-0.15, -0.1) is 0 Å². The number of amides is 1. The molecule has 0 spiro atoms. The van der Waals surface area contributed by atoms with Crippen molar-refractivity contribution < 1.29 is 22.7 Å². The zero-order valence-electron chi connectivity index (χ0n) is 12.8. The fraction of sp³-hybridized carbons (Fsp3) is 0.714. The quantitative estimate of drug-likeness (QED) is 0.861. The molecule has 0 saturated carbocycles. The maximum Gasteiger partial charge on any atom is 0.432 e. The van der Waals surface area contributed by atoms with Crippen molar-refractivity contribution in [1.29, 1.82) is 0 Å². The molecule has 1 aromatic heterocycles. The second-order valence-electron chi connectivity index (χ2n) is 6.42. The van der Waals surface area contributed by atoms with E-state index in [0.717, 1.165) is 6.20 Å². The minimum absolute atomic E-state index is 0.102. The highest BCUT2D eigenvalue weighted by molar-refractivity contribution is 5.68. The lowest BCUT2D eigenvalue weighted by Crippen LogP contribution is -2.41. The summed E-state index contributed by atoms with van der Waals surface area (Å²) in [6.07, 6.45) is -2.87. The normalized spacial score (nSPS) is 17.6. The Labute approximate surface area is 126 Å². The van der Waals surface area contributed by atoms with Gasteiger partial charge in [-0.1, -0.05) is 0 Å². The van der Waals surface area contributed by atoms with E-state index >= 15 is 0 Å². The van der Waals surface area contributed by atoms with Crippen molar-refractivity contribution in [2.75, 3.05) is 13.1 Å². The van der Waals surface area contributed by atoms with Crippen LogP contribution in [0.3, 0.4) is 0 Å². The zero-order chi connectivity index (χ0) is 16.5. The molecule has 0 unspecified atom stereocenters. The van der Waals surface area contributed by atoms with Gasteiger partial charge in [0.2, 0.25) is 0 Å². The van der Waals surface area contributed by atoms with E-state index in [1.165, 1.54) is 0 Å². The number of nitrogens with one attached hydrogen (secondary N) is 1. The van der Waals surface area contributed by atoms with E-state index in [1.807, 2.05) is 0 Å². The molecule has 0 aliphatic carbocycles. The molecule has 1 aromatic rings. The fourth-order valence-corrected chi connectivity index (χ4v) is 2.35. The highest BCUT2D eigenvalue weighted by atomic mass is 19.4. The Morgan fingerprint density at radius 3 is 2.36 bits per heavy atom. The number of ether oxygens (including phenoxy) is 1. The van der Waals surface area contributed by atoms with E-state index in [1.54, 1.807) is 25.7 Å². The Morgan fingerprint density at radius 2 is 1.91 bits per heavy atom. The van der Waals surface area contributed by atoms with Gasteiger partial charge in [0.1, 0.15) is 17.1 Å². The van der Waals surface area contributed by atoms with Crippen LogP contribution in [-0.4, -0.2) is 39.7 Å². The summed E-state index contributed by atoms with van der Waals surface area (Å²) in [7, 11) is 0.